The number of methoxy groups -OCH3 is 1. The van der Waals surface area contributed by atoms with Crippen LogP contribution in [0, 0.1) is 0 Å². The fourth-order valence-electron chi connectivity index (χ4n) is 4.52. The van der Waals surface area contributed by atoms with E-state index in [1.165, 1.54) is 16.6 Å². The number of halogens is 1. The Labute approximate surface area is 250 Å². The van der Waals surface area contributed by atoms with Crippen LogP contribution in [0.15, 0.2) is 31.0 Å². The molecule has 0 saturated carbocycles. The van der Waals surface area contributed by atoms with Crippen LogP contribution in [0.5, 0.6) is 11.6 Å². The van der Waals surface area contributed by atoms with Gasteiger partial charge in [-0.2, -0.15) is 9.29 Å². The predicted molar refractivity (Wildman–Crippen MR) is 161 cm³/mol. The van der Waals surface area contributed by atoms with Crippen LogP contribution >= 0.6 is 11.6 Å². The molecule has 2 fully saturated rings. The SMILES string of the molecule is C=CC(=O)Nc1cc(Nc2ncc(Cl)c(OC3CN(S(C)(=O)=O)C3)n2)c(OC)cc1N1CCC(N(C)C)CC1.O=CO. The summed E-state index contributed by atoms with van der Waals surface area (Å²) in [6.07, 6.45) is 5.39. The van der Waals surface area contributed by atoms with Crippen LogP contribution in [0.3, 0.4) is 0 Å². The minimum absolute atomic E-state index is 0.131. The minimum atomic E-state index is -3.27. The van der Waals surface area contributed by atoms with E-state index in [2.05, 4.69) is 51.1 Å². The highest BCUT2D eigenvalue weighted by Crippen LogP contribution is 2.39. The minimum Gasteiger partial charge on any atom is -0.494 e. The van der Waals surface area contributed by atoms with E-state index in [4.69, 9.17) is 31.0 Å². The average molecular weight is 626 g/mol. The molecule has 0 radical (unpaired) electrons. The molecule has 0 unspecified atom stereocenters. The third-order valence-electron chi connectivity index (χ3n) is 6.82. The summed E-state index contributed by atoms with van der Waals surface area (Å²) in [6.45, 7) is 5.41. The molecular weight excluding hydrogens is 590 g/mol. The fourth-order valence-corrected chi connectivity index (χ4v) is 5.53. The van der Waals surface area contributed by atoms with E-state index < -0.39 is 10.0 Å². The maximum atomic E-state index is 12.3. The summed E-state index contributed by atoms with van der Waals surface area (Å²) >= 11 is 6.24. The Morgan fingerprint density at radius 1 is 1.24 bits per heavy atom. The van der Waals surface area contributed by atoms with E-state index in [0.29, 0.717) is 23.2 Å². The van der Waals surface area contributed by atoms with E-state index in [0.717, 1.165) is 37.9 Å². The van der Waals surface area contributed by atoms with Crippen LogP contribution in [0.1, 0.15) is 12.8 Å². The second kappa shape index (κ2) is 14.5. The van der Waals surface area contributed by atoms with Crippen LogP contribution in [0.2, 0.25) is 5.02 Å². The normalized spacial score (nSPS) is 16.1. The van der Waals surface area contributed by atoms with Gasteiger partial charge in [0.05, 0.1) is 49.7 Å². The molecule has 1 aromatic heterocycles. The molecule has 0 aliphatic carbocycles. The van der Waals surface area contributed by atoms with Gasteiger partial charge in [-0.05, 0) is 39.1 Å². The fraction of sp³-hybridized carbons (Fsp3) is 0.462. The molecule has 0 atom stereocenters. The number of nitrogens with one attached hydrogen (secondary N) is 2. The largest absolute Gasteiger partial charge is 0.494 e. The summed E-state index contributed by atoms with van der Waals surface area (Å²) in [6, 6.07) is 4.14. The number of rotatable bonds is 10. The van der Waals surface area contributed by atoms with Crippen LogP contribution in [-0.4, -0.2) is 111 Å². The molecule has 0 spiro atoms. The molecule has 2 aliphatic rings. The number of hydrogen-bond acceptors (Lipinski definition) is 11. The molecule has 4 rings (SSSR count). The van der Waals surface area contributed by atoms with Gasteiger partial charge in [0.1, 0.15) is 16.9 Å². The Kier molecular flexibility index (Phi) is 11.3. The zero-order valence-electron chi connectivity index (χ0n) is 23.9. The molecule has 42 heavy (non-hydrogen) atoms. The standard InChI is InChI=1S/C25H34ClN7O5S.CH2O2/c1-6-23(34)28-19-11-20(22(37-4)12-21(19)32-9-7-16(8-10-32)31(2)3)29-25-27-13-18(26)24(30-25)38-17-14-33(15-17)39(5,35)36;2-1-3/h6,11-13,16-17H,1,7-10,14-15H2,2-5H3,(H,28,34)(H,27,29,30);1H,(H,2,3). The van der Waals surface area contributed by atoms with Crippen LogP contribution in [0.25, 0.3) is 0 Å². The topological polar surface area (TPSA) is 167 Å². The van der Waals surface area contributed by atoms with Gasteiger partial charge >= 0.3 is 0 Å². The van der Waals surface area contributed by atoms with Gasteiger partial charge in [-0.15, -0.1) is 0 Å². The Morgan fingerprint density at radius 2 is 1.88 bits per heavy atom. The van der Waals surface area contributed by atoms with Crippen molar-refractivity contribution in [2.24, 2.45) is 0 Å². The number of sulfonamides is 1. The van der Waals surface area contributed by atoms with E-state index in [9.17, 15) is 13.2 Å². The van der Waals surface area contributed by atoms with E-state index in [1.54, 1.807) is 13.2 Å². The summed E-state index contributed by atoms with van der Waals surface area (Å²) in [7, 11) is 2.47. The van der Waals surface area contributed by atoms with Gasteiger partial charge in [0.25, 0.3) is 6.47 Å². The molecule has 14 nitrogen and oxygen atoms in total. The van der Waals surface area contributed by atoms with Crippen molar-refractivity contribution in [1.82, 2.24) is 19.2 Å². The van der Waals surface area contributed by atoms with Gasteiger partial charge in [0.15, 0.2) is 0 Å². The highest BCUT2D eigenvalue weighted by atomic mass is 35.5. The third kappa shape index (κ3) is 8.44. The lowest BCUT2D eigenvalue weighted by Crippen LogP contribution is -2.55. The lowest BCUT2D eigenvalue weighted by atomic mass is 10.0. The first-order valence-electron chi connectivity index (χ1n) is 13.0. The van der Waals surface area contributed by atoms with Crippen molar-refractivity contribution in [3.63, 3.8) is 0 Å². The number of piperidine rings is 1. The van der Waals surface area contributed by atoms with Crippen molar-refractivity contribution >= 4 is 57.0 Å². The average Bonchev–Trinajstić information content (AvgIpc) is 2.92. The summed E-state index contributed by atoms with van der Waals surface area (Å²) in [5.74, 6) is 0.511. The highest BCUT2D eigenvalue weighted by molar-refractivity contribution is 7.88. The number of anilines is 4. The lowest BCUT2D eigenvalue weighted by molar-refractivity contribution is -0.122. The van der Waals surface area contributed by atoms with Gasteiger partial charge in [-0.25, -0.2) is 13.4 Å². The quantitative estimate of drug-likeness (QED) is 0.261. The van der Waals surface area contributed by atoms with Crippen molar-refractivity contribution < 1.29 is 32.6 Å². The van der Waals surface area contributed by atoms with Gasteiger partial charge in [-0.1, -0.05) is 18.2 Å². The van der Waals surface area contributed by atoms with Crippen LogP contribution < -0.4 is 25.0 Å². The second-order valence-electron chi connectivity index (χ2n) is 9.84. The number of aromatic nitrogens is 2. The molecule has 2 aromatic rings. The number of ether oxygens (including phenoxy) is 2. The summed E-state index contributed by atoms with van der Waals surface area (Å²) < 4.78 is 36.1. The first-order valence-corrected chi connectivity index (χ1v) is 15.2. The molecule has 16 heteroatoms. The monoisotopic (exact) mass is 625 g/mol. The molecular formula is C26H36ClN7O7S. The number of carboxylic acid groups (broad SMARTS) is 1. The highest BCUT2D eigenvalue weighted by Gasteiger charge is 2.35. The van der Waals surface area contributed by atoms with Gasteiger partial charge in [-0.3, -0.25) is 9.59 Å². The molecule has 2 aliphatic heterocycles. The number of carbonyl (C=O) groups excluding carboxylic acids is 1. The Hall–Kier alpha value is -3.66. The van der Waals surface area contributed by atoms with Crippen molar-refractivity contribution in [1.29, 1.82) is 0 Å². The van der Waals surface area contributed by atoms with Gasteiger partial charge in [0, 0.05) is 25.2 Å². The first-order chi connectivity index (χ1) is 19.9. The smallest absolute Gasteiger partial charge is 0.290 e. The number of nitrogens with zero attached hydrogens (tertiary/aromatic N) is 5. The number of amides is 1. The number of hydrogen-bond donors (Lipinski definition) is 3. The maximum Gasteiger partial charge on any atom is 0.290 e. The molecule has 1 aromatic carbocycles. The molecule has 0 bridgehead atoms. The predicted octanol–water partition coefficient (Wildman–Crippen LogP) is 2.26. The van der Waals surface area contributed by atoms with Crippen molar-refractivity contribution in [3.8, 4) is 11.6 Å². The van der Waals surface area contributed by atoms with Gasteiger partial charge in [0.2, 0.25) is 27.8 Å². The second-order valence-corrected chi connectivity index (χ2v) is 12.2. The Balaban J connectivity index is 0.00000155. The summed E-state index contributed by atoms with van der Waals surface area (Å²) in [5, 5.41) is 13.1. The van der Waals surface area contributed by atoms with E-state index >= 15 is 0 Å². The van der Waals surface area contributed by atoms with Crippen LogP contribution in [0.4, 0.5) is 23.0 Å². The van der Waals surface area contributed by atoms with E-state index in [1.807, 2.05) is 6.07 Å². The van der Waals surface area contributed by atoms with Crippen molar-refractivity contribution in [2.45, 2.75) is 25.0 Å². The molecule has 1 amide bonds. The summed E-state index contributed by atoms with van der Waals surface area (Å²) in [4.78, 5) is 33.7. The third-order valence-corrected chi connectivity index (χ3v) is 8.31. The van der Waals surface area contributed by atoms with E-state index in [-0.39, 0.29) is 48.4 Å². The Bertz CT molecular complexity index is 1380. The molecule has 3 heterocycles. The zero-order valence-corrected chi connectivity index (χ0v) is 25.5. The van der Waals surface area contributed by atoms with Crippen molar-refractivity contribution in [2.75, 3.05) is 69.2 Å². The van der Waals surface area contributed by atoms with Gasteiger partial charge < -0.3 is 35.0 Å². The summed E-state index contributed by atoms with van der Waals surface area (Å²) in [5.41, 5.74) is 1.95. The number of benzene rings is 1. The molecule has 230 valence electrons. The first kappa shape index (κ1) is 32.8. The number of carbonyl (C=O) groups is 2. The molecule has 3 N–H and O–H groups in total. The zero-order chi connectivity index (χ0) is 31.0. The van der Waals surface area contributed by atoms with Crippen molar-refractivity contribution in [3.05, 3.63) is 36.0 Å². The molecule has 2 saturated heterocycles. The Morgan fingerprint density at radius 3 is 2.43 bits per heavy atom. The maximum absolute atomic E-state index is 12.3. The van der Waals surface area contributed by atoms with Crippen LogP contribution in [-0.2, 0) is 19.6 Å². The lowest BCUT2D eigenvalue weighted by Gasteiger charge is -2.37.